The third-order valence-corrected chi connectivity index (χ3v) is 8.71. The monoisotopic (exact) mass is 592 g/mol. The number of benzene rings is 1. The average Bonchev–Trinajstić information content (AvgIpc) is 3.33. The molecule has 15 heteroatoms. The summed E-state index contributed by atoms with van der Waals surface area (Å²) in [6.45, 7) is 1.68. The van der Waals surface area contributed by atoms with Gasteiger partial charge in [-0.2, -0.15) is 0 Å². The second kappa shape index (κ2) is 11.5. The van der Waals surface area contributed by atoms with Crippen molar-refractivity contribution in [3.63, 3.8) is 0 Å². The second-order valence-electron chi connectivity index (χ2n) is 10.9. The lowest BCUT2D eigenvalue weighted by Gasteiger charge is -2.47. The number of halogens is 4. The highest BCUT2D eigenvalue weighted by Gasteiger charge is 2.53. The zero-order chi connectivity index (χ0) is 29.6. The molecule has 10 nitrogen and oxygen atoms in total. The van der Waals surface area contributed by atoms with E-state index >= 15 is 0 Å². The van der Waals surface area contributed by atoms with Gasteiger partial charge < -0.3 is 30.1 Å². The van der Waals surface area contributed by atoms with Gasteiger partial charge in [-0.1, -0.05) is 5.21 Å². The Kier molecular flexibility index (Phi) is 8.83. The molecule has 2 aromatic rings. The summed E-state index contributed by atoms with van der Waals surface area (Å²) >= 11 is 0.787. The van der Waals surface area contributed by atoms with Gasteiger partial charge in [-0.05, 0) is 45.2 Å². The minimum Gasteiger partial charge on any atom is -0.394 e. The van der Waals surface area contributed by atoms with Crippen molar-refractivity contribution < 1.29 is 47.5 Å². The van der Waals surface area contributed by atoms with Crippen LogP contribution in [0, 0.1) is 17.5 Å². The minimum absolute atomic E-state index is 0.0965. The highest BCUT2D eigenvalue weighted by molar-refractivity contribution is 8.01. The van der Waals surface area contributed by atoms with Gasteiger partial charge in [-0.3, -0.25) is 4.79 Å². The van der Waals surface area contributed by atoms with Crippen LogP contribution in [0.2, 0.25) is 0 Å². The fourth-order valence-corrected chi connectivity index (χ4v) is 6.53. The largest absolute Gasteiger partial charge is 0.394 e. The Morgan fingerprint density at radius 2 is 1.88 bits per heavy atom. The molecular formula is C25H32F4N4O6S. The van der Waals surface area contributed by atoms with Gasteiger partial charge in [0.25, 0.3) is 0 Å². The molecule has 1 saturated carbocycles. The third kappa shape index (κ3) is 6.14. The molecule has 2 heterocycles. The normalized spacial score (nSPS) is 27.2. The van der Waals surface area contributed by atoms with Crippen LogP contribution in [0.1, 0.15) is 39.2 Å². The zero-order valence-electron chi connectivity index (χ0n) is 22.0. The summed E-state index contributed by atoms with van der Waals surface area (Å²) in [5.41, 5.74) is -4.68. The lowest BCUT2D eigenvalue weighted by molar-refractivity contribution is -0.179. The van der Waals surface area contributed by atoms with E-state index in [1.165, 1.54) is 27.1 Å². The zero-order valence-corrected chi connectivity index (χ0v) is 22.9. The Hall–Kier alpha value is -2.30. The number of alkyl halides is 1. The molecule has 1 aromatic carbocycles. The fourth-order valence-electron chi connectivity index (χ4n) is 4.94. The number of amides is 1. The van der Waals surface area contributed by atoms with Gasteiger partial charge in [0.15, 0.2) is 17.5 Å². The molecule has 0 bridgehead atoms. The molecule has 2 fully saturated rings. The predicted molar refractivity (Wildman–Crippen MR) is 135 cm³/mol. The molecule has 1 aromatic heterocycles. The summed E-state index contributed by atoms with van der Waals surface area (Å²) in [7, 11) is 1.40. The first-order valence-electron chi connectivity index (χ1n) is 12.7. The van der Waals surface area contributed by atoms with Gasteiger partial charge in [0.2, 0.25) is 5.91 Å². The van der Waals surface area contributed by atoms with E-state index in [1.807, 2.05) is 0 Å². The molecule has 0 unspecified atom stereocenters. The summed E-state index contributed by atoms with van der Waals surface area (Å²) in [5, 5.41) is 49.7. The Bertz CT molecular complexity index is 1200. The van der Waals surface area contributed by atoms with Crippen LogP contribution in [0.3, 0.4) is 0 Å². The smallest absolute Gasteiger partial charge is 0.238 e. The van der Waals surface area contributed by atoms with Gasteiger partial charge >= 0.3 is 0 Å². The molecule has 0 radical (unpaired) electrons. The summed E-state index contributed by atoms with van der Waals surface area (Å²) < 4.78 is 61.9. The maximum atomic E-state index is 14.3. The molecule has 222 valence electrons. The summed E-state index contributed by atoms with van der Waals surface area (Å²) in [6.07, 6.45) is -1.97. The lowest BCUT2D eigenvalue weighted by atomic mass is 9.77. The van der Waals surface area contributed by atoms with Crippen LogP contribution in [0.15, 0.2) is 18.3 Å². The van der Waals surface area contributed by atoms with Crippen LogP contribution >= 0.6 is 11.8 Å². The van der Waals surface area contributed by atoms with E-state index in [1.54, 1.807) is 0 Å². The molecule has 1 aliphatic heterocycles. The number of aromatic nitrogens is 3. The van der Waals surface area contributed by atoms with Gasteiger partial charge in [-0.25, -0.2) is 22.2 Å². The molecular weight excluding hydrogens is 560 g/mol. The van der Waals surface area contributed by atoms with Crippen molar-refractivity contribution in [2.24, 2.45) is 0 Å². The maximum Gasteiger partial charge on any atom is 0.238 e. The summed E-state index contributed by atoms with van der Waals surface area (Å²) in [5.74, 6) is -5.13. The number of hydrogen-bond donors (Lipinski definition) is 4. The topological polar surface area (TPSA) is 141 Å². The van der Waals surface area contributed by atoms with Gasteiger partial charge in [0.1, 0.15) is 46.4 Å². The minimum atomic E-state index is -1.71. The SMILES string of the molecule is CN(CC(C)(C)F)C(=O)[C@@H](S[C@@H]1O[C@H](CO)[C@H](O)[C@H](n2cc(-c3cc(F)c(F)c(F)c3)nn2)[C@H]1O)C1(O)CCC1. The van der Waals surface area contributed by atoms with Crippen molar-refractivity contribution in [2.75, 3.05) is 20.2 Å². The first-order chi connectivity index (χ1) is 18.6. The van der Waals surface area contributed by atoms with E-state index in [0.29, 0.717) is 31.4 Å². The van der Waals surface area contributed by atoms with Gasteiger partial charge in [0.05, 0.1) is 24.9 Å². The van der Waals surface area contributed by atoms with Crippen LogP contribution in [0.25, 0.3) is 11.3 Å². The molecule has 6 atom stereocenters. The van der Waals surface area contributed by atoms with E-state index in [2.05, 4.69) is 10.3 Å². The van der Waals surface area contributed by atoms with Gasteiger partial charge in [0, 0.05) is 12.6 Å². The number of carbonyl (C=O) groups is 1. The van der Waals surface area contributed by atoms with Crippen LogP contribution < -0.4 is 0 Å². The standard InChI is InChI=1S/C25H32F4N4O6S/c1-24(2,29)11-32(3)22(37)21(25(38)5-4-6-25)40-23-20(36)18(19(35)16(10-34)39-23)33-9-15(30-31-33)12-7-13(26)17(28)14(27)8-12/h7-9,16,18-21,23,34-36,38H,4-6,10-11H2,1-3H3/t16-,18+,19+,20-,21-,23+/m1/s1. The maximum absolute atomic E-state index is 14.3. The van der Waals surface area contributed by atoms with Crippen LogP contribution in [-0.4, -0.2) is 107 Å². The quantitative estimate of drug-likeness (QED) is 0.252. The number of rotatable bonds is 9. The predicted octanol–water partition coefficient (Wildman–Crippen LogP) is 1.57. The van der Waals surface area contributed by atoms with Crippen LogP contribution in [0.5, 0.6) is 0 Å². The first kappa shape index (κ1) is 30.7. The Labute approximate surface area is 231 Å². The number of carbonyl (C=O) groups excluding carboxylic acids is 1. The number of ether oxygens (including phenoxy) is 1. The van der Waals surface area contributed by atoms with Crippen molar-refractivity contribution in [1.82, 2.24) is 19.9 Å². The lowest BCUT2D eigenvalue weighted by Crippen LogP contribution is -2.59. The van der Waals surface area contributed by atoms with Crippen molar-refractivity contribution in [3.8, 4) is 11.3 Å². The Balaban J connectivity index is 1.62. The first-order valence-corrected chi connectivity index (χ1v) is 13.6. The number of aliphatic hydroxyl groups excluding tert-OH is 3. The Morgan fingerprint density at radius 3 is 2.40 bits per heavy atom. The van der Waals surface area contributed by atoms with Crippen molar-refractivity contribution in [3.05, 3.63) is 35.8 Å². The highest BCUT2D eigenvalue weighted by atomic mass is 32.2. The summed E-state index contributed by atoms with van der Waals surface area (Å²) in [6, 6.07) is 0.113. The third-order valence-electron chi connectivity index (χ3n) is 7.14. The molecule has 40 heavy (non-hydrogen) atoms. The second-order valence-corrected chi connectivity index (χ2v) is 12.1. The van der Waals surface area contributed by atoms with E-state index < -0.39 is 76.3 Å². The molecule has 4 rings (SSSR count). The fraction of sp³-hybridized carbons (Fsp3) is 0.640. The summed E-state index contributed by atoms with van der Waals surface area (Å²) in [4.78, 5) is 14.5. The van der Waals surface area contributed by atoms with E-state index in [9.17, 15) is 42.8 Å². The number of hydrogen-bond acceptors (Lipinski definition) is 9. The van der Waals surface area contributed by atoms with Crippen molar-refractivity contribution in [2.45, 2.75) is 79.4 Å². The van der Waals surface area contributed by atoms with Crippen molar-refractivity contribution >= 4 is 17.7 Å². The molecule has 1 saturated heterocycles. The average molecular weight is 593 g/mol. The van der Waals surface area contributed by atoms with E-state index in [0.717, 1.165) is 21.3 Å². The number of aliphatic hydroxyl groups is 4. The van der Waals surface area contributed by atoms with Crippen LogP contribution in [-0.2, 0) is 9.53 Å². The number of thioether (sulfide) groups is 1. The molecule has 1 amide bonds. The number of nitrogens with zero attached hydrogens (tertiary/aromatic N) is 4. The molecule has 1 aliphatic carbocycles. The van der Waals surface area contributed by atoms with E-state index in [-0.39, 0.29) is 17.8 Å². The molecule has 4 N–H and O–H groups in total. The molecule has 0 spiro atoms. The Morgan fingerprint density at radius 1 is 1.25 bits per heavy atom. The van der Waals surface area contributed by atoms with Crippen molar-refractivity contribution in [1.29, 1.82) is 0 Å². The highest BCUT2D eigenvalue weighted by Crippen LogP contribution is 2.45. The van der Waals surface area contributed by atoms with E-state index in [4.69, 9.17) is 4.74 Å². The molecule has 2 aliphatic rings. The van der Waals surface area contributed by atoms with Gasteiger partial charge in [-0.15, -0.1) is 16.9 Å². The van der Waals surface area contributed by atoms with Crippen LogP contribution in [0.4, 0.5) is 17.6 Å².